The van der Waals surface area contributed by atoms with Crippen LogP contribution in [0.4, 0.5) is 5.69 Å². The van der Waals surface area contributed by atoms with Gasteiger partial charge in [0.2, 0.25) is 0 Å². The minimum Gasteiger partial charge on any atom is -0.493 e. The Kier molecular flexibility index (Phi) is 6.46. The Morgan fingerprint density at radius 1 is 1.10 bits per heavy atom. The molecule has 3 rings (SSSR count). The number of nitrogens with one attached hydrogen (secondary N) is 1. The number of methoxy groups -OCH3 is 2. The lowest BCUT2D eigenvalue weighted by Gasteiger charge is -2.10. The first kappa shape index (κ1) is 20.3. The third kappa shape index (κ3) is 4.91. The zero-order chi connectivity index (χ0) is 20.8. The predicted octanol–water partition coefficient (Wildman–Crippen LogP) is 3.34. The molecule has 1 N–H and O–H groups in total. The van der Waals surface area contributed by atoms with E-state index in [0.29, 0.717) is 12.3 Å². The summed E-state index contributed by atoms with van der Waals surface area (Å²) in [7, 11) is 5.11. The number of nitrogens with zero attached hydrogens (tertiary/aromatic N) is 3. The number of nitro benzene ring substituents is 1. The second-order valence-corrected chi connectivity index (χ2v) is 6.60. The third-order valence-electron chi connectivity index (χ3n) is 4.61. The lowest BCUT2D eigenvalue weighted by atomic mass is 10.1. The van der Waals surface area contributed by atoms with Crippen molar-refractivity contribution in [2.45, 2.75) is 13.0 Å². The monoisotopic (exact) mass is 396 g/mol. The highest BCUT2D eigenvalue weighted by molar-refractivity contribution is 5.64. The van der Waals surface area contributed by atoms with E-state index in [1.165, 1.54) is 12.1 Å². The Labute approximate surface area is 169 Å². The summed E-state index contributed by atoms with van der Waals surface area (Å²) in [5, 5.41) is 18.8. The first-order chi connectivity index (χ1) is 14.0. The smallest absolute Gasteiger partial charge is 0.269 e. The quantitative estimate of drug-likeness (QED) is 0.339. The van der Waals surface area contributed by atoms with Crippen molar-refractivity contribution in [2.75, 3.05) is 20.8 Å². The van der Waals surface area contributed by atoms with Gasteiger partial charge in [-0.15, -0.1) is 0 Å². The molecule has 3 aromatic rings. The number of hydrogen-bond acceptors (Lipinski definition) is 6. The maximum atomic E-state index is 10.8. The summed E-state index contributed by atoms with van der Waals surface area (Å²) >= 11 is 0. The second-order valence-electron chi connectivity index (χ2n) is 6.60. The van der Waals surface area contributed by atoms with Gasteiger partial charge in [0.15, 0.2) is 11.5 Å². The van der Waals surface area contributed by atoms with Gasteiger partial charge >= 0.3 is 0 Å². The molecule has 8 nitrogen and oxygen atoms in total. The first-order valence-corrected chi connectivity index (χ1v) is 9.20. The van der Waals surface area contributed by atoms with Gasteiger partial charge in [0, 0.05) is 43.0 Å². The molecule has 0 aliphatic rings. The Bertz CT molecular complexity index is 983. The fraction of sp³-hybridized carbons (Fsp3) is 0.286. The van der Waals surface area contributed by atoms with Crippen molar-refractivity contribution in [2.24, 2.45) is 7.05 Å². The van der Waals surface area contributed by atoms with E-state index in [-0.39, 0.29) is 5.69 Å². The van der Waals surface area contributed by atoms with Gasteiger partial charge < -0.3 is 14.8 Å². The van der Waals surface area contributed by atoms with Crippen molar-refractivity contribution in [3.05, 3.63) is 69.9 Å². The summed E-state index contributed by atoms with van der Waals surface area (Å²) in [5.41, 5.74) is 3.93. The van der Waals surface area contributed by atoms with Crippen LogP contribution in [0, 0.1) is 10.1 Å². The number of nitro groups is 1. The minimum atomic E-state index is -0.404. The standard InChI is InChI=1S/C21H24N4O4/c1-24-14-17(21(23-24)16-5-7-18(8-6-16)25(26)27)13-22-11-10-15-4-9-19(28-2)20(12-15)29-3/h4-9,12,14,22H,10-11,13H2,1-3H3. The zero-order valence-electron chi connectivity index (χ0n) is 16.7. The van der Waals surface area contributed by atoms with Crippen LogP contribution in [0.5, 0.6) is 11.5 Å². The first-order valence-electron chi connectivity index (χ1n) is 9.20. The molecular weight excluding hydrogens is 372 g/mol. The molecule has 0 fully saturated rings. The van der Waals surface area contributed by atoms with Crippen molar-refractivity contribution >= 4 is 5.69 Å². The summed E-state index contributed by atoms with van der Waals surface area (Å²) in [5.74, 6) is 1.44. The topological polar surface area (TPSA) is 91.5 Å². The molecule has 0 unspecified atom stereocenters. The van der Waals surface area contributed by atoms with Crippen molar-refractivity contribution in [3.8, 4) is 22.8 Å². The van der Waals surface area contributed by atoms with Crippen LogP contribution in [0.1, 0.15) is 11.1 Å². The summed E-state index contributed by atoms with van der Waals surface area (Å²) in [4.78, 5) is 10.4. The van der Waals surface area contributed by atoms with Crippen LogP contribution < -0.4 is 14.8 Å². The maximum Gasteiger partial charge on any atom is 0.269 e. The van der Waals surface area contributed by atoms with Gasteiger partial charge in [0.1, 0.15) is 0 Å². The number of rotatable bonds is 9. The third-order valence-corrected chi connectivity index (χ3v) is 4.61. The van der Waals surface area contributed by atoms with E-state index in [2.05, 4.69) is 10.4 Å². The summed E-state index contributed by atoms with van der Waals surface area (Å²) in [6.07, 6.45) is 2.80. The number of non-ortho nitro benzene ring substituents is 1. The molecule has 0 saturated carbocycles. The van der Waals surface area contributed by atoms with E-state index < -0.39 is 4.92 Å². The van der Waals surface area contributed by atoms with E-state index in [0.717, 1.165) is 41.1 Å². The molecule has 2 aromatic carbocycles. The number of hydrogen-bond donors (Lipinski definition) is 1. The molecule has 1 heterocycles. The maximum absolute atomic E-state index is 10.8. The molecule has 0 radical (unpaired) electrons. The van der Waals surface area contributed by atoms with Gasteiger partial charge in [0.05, 0.1) is 24.8 Å². The second kappa shape index (κ2) is 9.20. The molecule has 0 aliphatic carbocycles. The lowest BCUT2D eigenvalue weighted by Crippen LogP contribution is -2.16. The van der Waals surface area contributed by atoms with Crippen LogP contribution in [0.15, 0.2) is 48.7 Å². The molecule has 0 spiro atoms. The molecule has 152 valence electrons. The normalized spacial score (nSPS) is 10.7. The highest BCUT2D eigenvalue weighted by Crippen LogP contribution is 2.28. The van der Waals surface area contributed by atoms with E-state index in [1.54, 1.807) is 31.0 Å². The van der Waals surface area contributed by atoms with Gasteiger partial charge in [-0.1, -0.05) is 6.07 Å². The van der Waals surface area contributed by atoms with Crippen molar-refractivity contribution in [1.29, 1.82) is 0 Å². The minimum absolute atomic E-state index is 0.0688. The SMILES string of the molecule is COc1ccc(CCNCc2cn(C)nc2-c2ccc([N+](=O)[O-])cc2)cc1OC. The van der Waals surface area contributed by atoms with E-state index in [4.69, 9.17) is 9.47 Å². The molecule has 1 aromatic heterocycles. The van der Waals surface area contributed by atoms with Gasteiger partial charge in [-0.3, -0.25) is 14.8 Å². The highest BCUT2D eigenvalue weighted by atomic mass is 16.6. The van der Waals surface area contributed by atoms with Crippen molar-refractivity contribution < 1.29 is 14.4 Å². The zero-order valence-corrected chi connectivity index (χ0v) is 16.7. The van der Waals surface area contributed by atoms with E-state index >= 15 is 0 Å². The van der Waals surface area contributed by atoms with Crippen LogP contribution in [0.3, 0.4) is 0 Å². The van der Waals surface area contributed by atoms with Crippen molar-refractivity contribution in [1.82, 2.24) is 15.1 Å². The van der Waals surface area contributed by atoms with Gasteiger partial charge in [-0.05, 0) is 42.8 Å². The Morgan fingerprint density at radius 2 is 1.83 bits per heavy atom. The van der Waals surface area contributed by atoms with Crippen LogP contribution in [0.25, 0.3) is 11.3 Å². The van der Waals surface area contributed by atoms with Crippen LogP contribution in [-0.2, 0) is 20.0 Å². The molecule has 0 saturated heterocycles. The summed E-state index contributed by atoms with van der Waals surface area (Å²) in [6, 6.07) is 12.4. The molecule has 0 bridgehead atoms. The molecular formula is C21H24N4O4. The van der Waals surface area contributed by atoms with Gasteiger partial charge in [0.25, 0.3) is 5.69 Å². The Morgan fingerprint density at radius 3 is 2.48 bits per heavy atom. The van der Waals surface area contributed by atoms with Crippen molar-refractivity contribution in [3.63, 3.8) is 0 Å². The highest BCUT2D eigenvalue weighted by Gasteiger charge is 2.12. The number of aromatic nitrogens is 2. The Balaban J connectivity index is 1.62. The summed E-state index contributed by atoms with van der Waals surface area (Å²) < 4.78 is 12.4. The number of aryl methyl sites for hydroxylation is 1. The molecule has 29 heavy (non-hydrogen) atoms. The van der Waals surface area contributed by atoms with Crippen LogP contribution in [-0.4, -0.2) is 35.5 Å². The Hall–Kier alpha value is -3.39. The number of benzene rings is 2. The van der Waals surface area contributed by atoms with E-state index in [9.17, 15) is 10.1 Å². The number of ether oxygens (including phenoxy) is 2. The fourth-order valence-electron chi connectivity index (χ4n) is 3.14. The van der Waals surface area contributed by atoms with Gasteiger partial charge in [-0.25, -0.2) is 0 Å². The molecule has 0 aliphatic heterocycles. The van der Waals surface area contributed by atoms with E-state index in [1.807, 2.05) is 31.4 Å². The summed E-state index contributed by atoms with van der Waals surface area (Å²) in [6.45, 7) is 1.43. The largest absolute Gasteiger partial charge is 0.493 e. The van der Waals surface area contributed by atoms with Crippen LogP contribution in [0.2, 0.25) is 0 Å². The predicted molar refractivity (Wildman–Crippen MR) is 110 cm³/mol. The average Bonchev–Trinajstić information content (AvgIpc) is 3.11. The molecule has 8 heteroatoms. The molecule has 0 atom stereocenters. The lowest BCUT2D eigenvalue weighted by molar-refractivity contribution is -0.384. The molecule has 0 amide bonds. The van der Waals surface area contributed by atoms with Gasteiger partial charge in [-0.2, -0.15) is 5.10 Å². The average molecular weight is 396 g/mol. The fourth-order valence-corrected chi connectivity index (χ4v) is 3.14. The van der Waals surface area contributed by atoms with Crippen LogP contribution >= 0.6 is 0 Å².